The van der Waals surface area contributed by atoms with Gasteiger partial charge in [-0.05, 0) is 18.6 Å². The molecule has 3 aromatic rings. The highest BCUT2D eigenvalue weighted by Gasteiger charge is 2.45. The summed E-state index contributed by atoms with van der Waals surface area (Å²) < 4.78 is 10.5. The topological polar surface area (TPSA) is 137 Å². The average molecular weight is 401 g/mol. The Morgan fingerprint density at radius 2 is 2.17 bits per heavy atom. The Hall–Kier alpha value is -3.54. The Morgan fingerprint density at radius 3 is 2.97 bits per heavy atom. The molecule has 0 saturated carbocycles. The van der Waals surface area contributed by atoms with Crippen LogP contribution >= 0.6 is 0 Å². The highest BCUT2D eigenvalue weighted by molar-refractivity contribution is 5.93. The van der Waals surface area contributed by atoms with Crippen LogP contribution in [0.3, 0.4) is 0 Å². The van der Waals surface area contributed by atoms with Gasteiger partial charge in [0.25, 0.3) is 12.4 Å². The summed E-state index contributed by atoms with van der Waals surface area (Å²) in [5, 5.41) is 15.3. The molecule has 0 bridgehead atoms. The largest absolute Gasteiger partial charge is 0.483 e. The van der Waals surface area contributed by atoms with Gasteiger partial charge in [0.15, 0.2) is 17.2 Å². The first-order chi connectivity index (χ1) is 14.0. The molecule has 5 heterocycles. The number of nitrogens with zero attached hydrogens (tertiary/aromatic N) is 7. The summed E-state index contributed by atoms with van der Waals surface area (Å²) in [5.41, 5.74) is 0.347. The van der Waals surface area contributed by atoms with E-state index in [2.05, 4.69) is 15.2 Å². The van der Waals surface area contributed by atoms with Crippen LogP contribution in [0.1, 0.15) is 22.7 Å². The maximum absolute atomic E-state index is 12.9. The third-order valence-corrected chi connectivity index (χ3v) is 5.14. The Morgan fingerprint density at radius 1 is 1.38 bits per heavy atom. The molecule has 2 aliphatic heterocycles. The van der Waals surface area contributed by atoms with Crippen molar-refractivity contribution in [3.63, 3.8) is 0 Å². The molecule has 12 nitrogen and oxygen atoms in total. The van der Waals surface area contributed by atoms with Crippen LogP contribution in [0.5, 0.6) is 0 Å². The van der Waals surface area contributed by atoms with Crippen molar-refractivity contribution in [3.05, 3.63) is 46.5 Å². The van der Waals surface area contributed by atoms with E-state index in [0.29, 0.717) is 43.2 Å². The van der Waals surface area contributed by atoms with Crippen LogP contribution in [-0.4, -0.2) is 70.0 Å². The number of ether oxygens (including phenoxy) is 1. The maximum atomic E-state index is 12.9. The van der Waals surface area contributed by atoms with Crippen molar-refractivity contribution in [2.45, 2.75) is 25.2 Å². The number of hydrogen-bond donors (Lipinski definition) is 1. The lowest BCUT2D eigenvalue weighted by atomic mass is 10.0. The van der Waals surface area contributed by atoms with E-state index in [9.17, 15) is 9.59 Å². The van der Waals surface area contributed by atoms with Gasteiger partial charge in [-0.3, -0.25) is 14.2 Å². The molecule has 1 fully saturated rings. The van der Waals surface area contributed by atoms with Gasteiger partial charge in [-0.25, -0.2) is 19.0 Å². The van der Waals surface area contributed by atoms with Crippen LogP contribution in [0.15, 0.2) is 29.3 Å². The third kappa shape index (κ3) is 3.16. The second-order valence-corrected chi connectivity index (χ2v) is 6.90. The van der Waals surface area contributed by atoms with E-state index in [1.165, 1.54) is 4.68 Å². The molecule has 0 radical (unpaired) electrons. The fourth-order valence-corrected chi connectivity index (χ4v) is 3.77. The van der Waals surface area contributed by atoms with Gasteiger partial charge >= 0.3 is 5.69 Å². The van der Waals surface area contributed by atoms with Gasteiger partial charge in [-0.1, -0.05) is 0 Å². The number of rotatable bonds is 1. The van der Waals surface area contributed by atoms with Crippen molar-refractivity contribution in [2.24, 2.45) is 7.05 Å². The first-order valence-electron chi connectivity index (χ1n) is 8.90. The lowest BCUT2D eigenvalue weighted by molar-refractivity contribution is -0.122. The number of imidazole rings is 1. The molecular formula is C17H19N7O5. The minimum absolute atomic E-state index is 0.138. The highest BCUT2D eigenvalue weighted by atomic mass is 16.5. The van der Waals surface area contributed by atoms with Crippen LogP contribution in [0, 0.1) is 0 Å². The van der Waals surface area contributed by atoms with Gasteiger partial charge in [0.1, 0.15) is 12.2 Å². The summed E-state index contributed by atoms with van der Waals surface area (Å²) in [6, 6.07) is 3.58. The van der Waals surface area contributed by atoms with Gasteiger partial charge < -0.3 is 14.7 Å². The van der Waals surface area contributed by atoms with Gasteiger partial charge in [-0.15, -0.1) is 0 Å². The lowest BCUT2D eigenvalue weighted by Crippen LogP contribution is -2.47. The number of aromatic nitrogens is 6. The van der Waals surface area contributed by atoms with E-state index in [0.717, 1.165) is 0 Å². The summed E-state index contributed by atoms with van der Waals surface area (Å²) in [7, 11) is 1.63. The van der Waals surface area contributed by atoms with Gasteiger partial charge in [0.2, 0.25) is 0 Å². The molecular weight excluding hydrogens is 382 g/mol. The molecule has 1 unspecified atom stereocenters. The predicted molar refractivity (Wildman–Crippen MR) is 97.2 cm³/mol. The normalized spacial score (nSPS) is 20.4. The van der Waals surface area contributed by atoms with Gasteiger partial charge in [0.05, 0.1) is 19.3 Å². The maximum Gasteiger partial charge on any atom is 0.345 e. The lowest BCUT2D eigenvalue weighted by Gasteiger charge is -2.33. The SMILES string of the molecule is Cn1nc2n(c1=O)CC1(CCN(C(=O)c3cnc4cccnn34)C1)OC2.O=CO. The minimum atomic E-state index is -0.552. The summed E-state index contributed by atoms with van der Waals surface area (Å²) >= 11 is 0. The number of aryl methyl sites for hydroxylation is 1. The van der Waals surface area contributed by atoms with Crippen LogP contribution in [0.2, 0.25) is 0 Å². The first-order valence-corrected chi connectivity index (χ1v) is 8.90. The molecule has 1 amide bonds. The highest BCUT2D eigenvalue weighted by Crippen LogP contribution is 2.32. The Kier molecular flexibility index (Phi) is 4.62. The van der Waals surface area contributed by atoms with Crippen molar-refractivity contribution >= 4 is 18.0 Å². The zero-order valence-corrected chi connectivity index (χ0v) is 15.6. The van der Waals surface area contributed by atoms with Crippen molar-refractivity contribution in [1.29, 1.82) is 0 Å². The zero-order valence-electron chi connectivity index (χ0n) is 15.6. The minimum Gasteiger partial charge on any atom is -0.483 e. The molecule has 0 aromatic carbocycles. The number of carbonyl (C=O) groups excluding carboxylic acids is 1. The number of amides is 1. The number of likely N-dealkylation sites (tertiary alicyclic amines) is 1. The zero-order chi connectivity index (χ0) is 20.6. The number of carbonyl (C=O) groups is 2. The molecule has 29 heavy (non-hydrogen) atoms. The summed E-state index contributed by atoms with van der Waals surface area (Å²) in [6.07, 6.45) is 3.84. The van der Waals surface area contributed by atoms with E-state index < -0.39 is 5.60 Å². The first kappa shape index (κ1) is 18.8. The van der Waals surface area contributed by atoms with Crippen molar-refractivity contribution in [2.75, 3.05) is 13.1 Å². The molecule has 1 saturated heterocycles. The smallest absolute Gasteiger partial charge is 0.345 e. The summed E-state index contributed by atoms with van der Waals surface area (Å²) in [5.74, 6) is 0.486. The van der Waals surface area contributed by atoms with Crippen LogP contribution in [0.25, 0.3) is 5.65 Å². The quantitative estimate of drug-likeness (QED) is 0.520. The Bertz CT molecular complexity index is 1130. The van der Waals surface area contributed by atoms with Crippen molar-refractivity contribution in [1.82, 2.24) is 33.8 Å². The molecule has 12 heteroatoms. The van der Waals surface area contributed by atoms with Gasteiger partial charge in [0, 0.05) is 19.8 Å². The molecule has 152 valence electrons. The molecule has 5 rings (SSSR count). The monoisotopic (exact) mass is 401 g/mol. The molecule has 2 aliphatic rings. The second kappa shape index (κ2) is 7.13. The number of hydrogen-bond acceptors (Lipinski definition) is 7. The predicted octanol–water partition coefficient (Wildman–Crippen LogP) is -0.860. The van der Waals surface area contributed by atoms with E-state index in [1.807, 2.05) is 0 Å². The van der Waals surface area contributed by atoms with Crippen LogP contribution < -0.4 is 5.69 Å². The van der Waals surface area contributed by atoms with E-state index in [4.69, 9.17) is 14.6 Å². The second-order valence-electron chi connectivity index (χ2n) is 6.90. The van der Waals surface area contributed by atoms with Crippen molar-refractivity contribution in [3.8, 4) is 0 Å². The van der Waals surface area contributed by atoms with Crippen LogP contribution in [0.4, 0.5) is 0 Å². The summed E-state index contributed by atoms with van der Waals surface area (Å²) in [6.45, 7) is 1.41. The third-order valence-electron chi connectivity index (χ3n) is 5.14. The number of carboxylic acid groups (broad SMARTS) is 1. The van der Waals surface area contributed by atoms with Crippen molar-refractivity contribution < 1.29 is 19.4 Å². The van der Waals surface area contributed by atoms with Gasteiger partial charge in [-0.2, -0.15) is 10.2 Å². The standard InChI is InChI=1S/C16H17N7O3.CH2O2/c1-20-15(25)22-10-16(26-8-13(22)19-20)4-6-21(9-16)14(24)11-7-17-12-3-2-5-18-23(11)12;2-1-3/h2-3,5,7H,4,6,8-10H2,1H3;1H,(H,2,3). The molecule has 0 aliphatic carbocycles. The molecule has 1 spiro atoms. The number of fused-ring (bicyclic) bond motifs is 2. The summed E-state index contributed by atoms with van der Waals surface area (Å²) in [4.78, 5) is 39.5. The van der Waals surface area contributed by atoms with E-state index in [1.54, 1.807) is 45.6 Å². The Balaban J connectivity index is 0.000000645. The molecule has 1 N–H and O–H groups in total. The van der Waals surface area contributed by atoms with E-state index in [-0.39, 0.29) is 24.7 Å². The van der Waals surface area contributed by atoms with Crippen LogP contribution in [-0.2, 0) is 29.7 Å². The Labute approximate surface area is 163 Å². The molecule has 3 aromatic heterocycles. The average Bonchev–Trinajstić information content (AvgIpc) is 3.40. The fourth-order valence-electron chi connectivity index (χ4n) is 3.77. The molecule has 1 atom stereocenters. The van der Waals surface area contributed by atoms with E-state index >= 15 is 0 Å². The fraction of sp³-hybridized carbons (Fsp3) is 0.412.